The van der Waals surface area contributed by atoms with Gasteiger partial charge in [-0.3, -0.25) is 0 Å². The third-order valence-electron chi connectivity index (χ3n) is 4.73. The lowest BCUT2D eigenvalue weighted by Crippen LogP contribution is -2.41. The largest absolute Gasteiger partial charge is 0.475 e. The quantitative estimate of drug-likeness (QED) is 0.849. The lowest BCUT2D eigenvalue weighted by Gasteiger charge is -2.33. The Morgan fingerprint density at radius 2 is 2.05 bits per heavy atom. The lowest BCUT2D eigenvalue weighted by molar-refractivity contribution is -0.159. The van der Waals surface area contributed by atoms with Crippen LogP contribution in [0.5, 0.6) is 5.75 Å². The van der Waals surface area contributed by atoms with E-state index in [1.807, 2.05) is 24.3 Å². The number of carbonyl (C=O) groups excluding carboxylic acids is 1. The van der Waals surface area contributed by atoms with E-state index in [9.17, 15) is 4.79 Å². The smallest absolute Gasteiger partial charge is 0.349 e. The van der Waals surface area contributed by atoms with Gasteiger partial charge in [-0.25, -0.2) is 4.79 Å². The topological polar surface area (TPSA) is 47.6 Å². The first-order valence-electron chi connectivity index (χ1n) is 7.83. The molecule has 1 aliphatic heterocycles. The van der Waals surface area contributed by atoms with Crippen molar-refractivity contribution in [3.05, 3.63) is 24.3 Å². The van der Waals surface area contributed by atoms with Crippen molar-refractivity contribution in [2.75, 3.05) is 11.9 Å². The van der Waals surface area contributed by atoms with Crippen molar-refractivity contribution in [3.8, 4) is 5.75 Å². The summed E-state index contributed by atoms with van der Waals surface area (Å²) in [4.78, 5) is 12.3. The van der Waals surface area contributed by atoms with Crippen LogP contribution in [0.25, 0.3) is 0 Å². The van der Waals surface area contributed by atoms with Crippen LogP contribution >= 0.6 is 0 Å². The molecule has 0 bridgehead atoms. The number of hydrogen-bond donors (Lipinski definition) is 1. The van der Waals surface area contributed by atoms with E-state index >= 15 is 0 Å². The zero-order chi connectivity index (χ0) is 14.8. The van der Waals surface area contributed by atoms with E-state index in [2.05, 4.69) is 19.2 Å². The fourth-order valence-electron chi connectivity index (χ4n) is 3.09. The Balaban J connectivity index is 1.57. The molecule has 4 heteroatoms. The van der Waals surface area contributed by atoms with Crippen molar-refractivity contribution in [2.24, 2.45) is 11.8 Å². The van der Waals surface area contributed by atoms with Crippen LogP contribution in [0, 0.1) is 11.8 Å². The van der Waals surface area contributed by atoms with Gasteiger partial charge in [0, 0.05) is 0 Å². The van der Waals surface area contributed by atoms with E-state index in [0.717, 1.165) is 36.6 Å². The van der Waals surface area contributed by atoms with Crippen LogP contribution in [0.1, 0.15) is 33.1 Å². The summed E-state index contributed by atoms with van der Waals surface area (Å²) < 4.78 is 11.4. The molecule has 4 unspecified atom stereocenters. The molecule has 4 atom stereocenters. The first-order chi connectivity index (χ1) is 10.1. The molecule has 0 saturated heterocycles. The summed E-state index contributed by atoms with van der Waals surface area (Å²) in [6.45, 7) is 4.97. The first kappa shape index (κ1) is 14.2. The van der Waals surface area contributed by atoms with E-state index in [0.29, 0.717) is 12.5 Å². The van der Waals surface area contributed by atoms with E-state index in [1.54, 1.807) is 0 Å². The zero-order valence-electron chi connectivity index (χ0n) is 12.7. The number of anilines is 1. The minimum Gasteiger partial charge on any atom is -0.475 e. The summed E-state index contributed by atoms with van der Waals surface area (Å²) in [6.07, 6.45) is 2.56. The Morgan fingerprint density at radius 3 is 2.86 bits per heavy atom. The minimum absolute atomic E-state index is 0.0458. The molecule has 1 N–H and O–H groups in total. The summed E-state index contributed by atoms with van der Waals surface area (Å²) in [7, 11) is 0. The van der Waals surface area contributed by atoms with E-state index in [1.165, 1.54) is 0 Å². The molecular formula is C17H23NO3. The molecule has 0 radical (unpaired) electrons. The van der Waals surface area contributed by atoms with Crippen molar-refractivity contribution >= 4 is 11.7 Å². The number of fused-ring (bicyclic) bond motifs is 1. The number of rotatable bonds is 2. The molecule has 1 aromatic rings. The predicted octanol–water partition coefficient (Wildman–Crippen LogP) is 3.23. The highest BCUT2D eigenvalue weighted by atomic mass is 16.6. The van der Waals surface area contributed by atoms with E-state index < -0.39 is 6.10 Å². The molecule has 3 rings (SSSR count). The first-order valence-corrected chi connectivity index (χ1v) is 7.83. The standard InChI is InChI=1S/C17H23NO3/c1-11-7-8-13(9-12(11)2)20-17(19)16-10-18-14-5-3-4-6-15(14)21-16/h3-6,11-13,16,18H,7-10H2,1-2H3. The van der Waals surface area contributed by atoms with Crippen LogP contribution in [0.15, 0.2) is 24.3 Å². The molecule has 21 heavy (non-hydrogen) atoms. The average molecular weight is 289 g/mol. The highest BCUT2D eigenvalue weighted by Gasteiger charge is 2.32. The summed E-state index contributed by atoms with van der Waals surface area (Å²) >= 11 is 0. The molecule has 1 aromatic carbocycles. The maximum atomic E-state index is 12.3. The molecule has 1 heterocycles. The number of carbonyl (C=O) groups is 1. The second-order valence-corrected chi connectivity index (χ2v) is 6.31. The summed E-state index contributed by atoms with van der Waals surface area (Å²) in [5, 5.41) is 3.22. The van der Waals surface area contributed by atoms with Crippen LogP contribution < -0.4 is 10.1 Å². The van der Waals surface area contributed by atoms with Gasteiger partial charge >= 0.3 is 5.97 Å². The number of hydrogen-bond acceptors (Lipinski definition) is 4. The van der Waals surface area contributed by atoms with Gasteiger partial charge in [0.05, 0.1) is 12.2 Å². The van der Waals surface area contributed by atoms with Crippen LogP contribution in [0.4, 0.5) is 5.69 Å². The third-order valence-corrected chi connectivity index (χ3v) is 4.73. The second kappa shape index (κ2) is 5.96. The van der Waals surface area contributed by atoms with Crippen LogP contribution in [-0.4, -0.2) is 24.7 Å². The van der Waals surface area contributed by atoms with Crippen LogP contribution in [0.3, 0.4) is 0 Å². The fraction of sp³-hybridized carbons (Fsp3) is 0.588. The molecule has 1 aliphatic carbocycles. The Kier molecular flexibility index (Phi) is 4.04. The van der Waals surface area contributed by atoms with Crippen LogP contribution in [0.2, 0.25) is 0 Å². The third kappa shape index (κ3) is 3.14. The summed E-state index contributed by atoms with van der Waals surface area (Å²) in [6, 6.07) is 7.66. The fourth-order valence-corrected chi connectivity index (χ4v) is 3.09. The molecule has 0 spiro atoms. The van der Waals surface area contributed by atoms with Gasteiger partial charge in [-0.15, -0.1) is 0 Å². The number of ether oxygens (including phenoxy) is 2. The summed E-state index contributed by atoms with van der Waals surface area (Å²) in [5.41, 5.74) is 0.932. The molecule has 114 valence electrons. The molecule has 4 nitrogen and oxygen atoms in total. The predicted molar refractivity (Wildman–Crippen MR) is 81.4 cm³/mol. The van der Waals surface area contributed by atoms with Gasteiger partial charge < -0.3 is 14.8 Å². The molecule has 0 aromatic heterocycles. The van der Waals surface area contributed by atoms with Gasteiger partial charge in [0.15, 0.2) is 0 Å². The highest BCUT2D eigenvalue weighted by Crippen LogP contribution is 2.32. The van der Waals surface area contributed by atoms with Crippen molar-refractivity contribution in [3.63, 3.8) is 0 Å². The zero-order valence-corrected chi connectivity index (χ0v) is 12.7. The van der Waals surface area contributed by atoms with E-state index in [4.69, 9.17) is 9.47 Å². The molecular weight excluding hydrogens is 266 g/mol. The SMILES string of the molecule is CC1CCC(OC(=O)C2CNc3ccccc3O2)CC1C. The molecule has 2 aliphatic rings. The van der Waals surface area contributed by atoms with Crippen molar-refractivity contribution in [1.29, 1.82) is 0 Å². The number of nitrogens with one attached hydrogen (secondary N) is 1. The van der Waals surface area contributed by atoms with Gasteiger partial charge in [-0.2, -0.15) is 0 Å². The minimum atomic E-state index is -0.547. The number of para-hydroxylation sites is 2. The maximum absolute atomic E-state index is 12.3. The van der Waals surface area contributed by atoms with Gasteiger partial charge in [0.2, 0.25) is 6.10 Å². The van der Waals surface area contributed by atoms with Gasteiger partial charge in [-0.05, 0) is 43.2 Å². The van der Waals surface area contributed by atoms with E-state index in [-0.39, 0.29) is 12.1 Å². The number of benzene rings is 1. The molecule has 1 fully saturated rings. The van der Waals surface area contributed by atoms with Crippen LogP contribution in [-0.2, 0) is 9.53 Å². The normalized spacial score (nSPS) is 31.5. The van der Waals surface area contributed by atoms with Gasteiger partial charge in [0.25, 0.3) is 0 Å². The number of esters is 1. The lowest BCUT2D eigenvalue weighted by atomic mass is 9.80. The highest BCUT2D eigenvalue weighted by molar-refractivity contribution is 5.78. The second-order valence-electron chi connectivity index (χ2n) is 6.31. The Labute approximate surface area is 125 Å². The average Bonchev–Trinajstić information content (AvgIpc) is 2.50. The monoisotopic (exact) mass is 289 g/mol. The van der Waals surface area contributed by atoms with Crippen molar-refractivity contribution < 1.29 is 14.3 Å². The Hall–Kier alpha value is -1.71. The Bertz CT molecular complexity index is 517. The van der Waals surface area contributed by atoms with Crippen molar-refractivity contribution in [2.45, 2.75) is 45.3 Å². The molecule has 1 saturated carbocycles. The van der Waals surface area contributed by atoms with Gasteiger partial charge in [0.1, 0.15) is 11.9 Å². The van der Waals surface area contributed by atoms with Crippen molar-refractivity contribution in [1.82, 2.24) is 0 Å². The Morgan fingerprint density at radius 1 is 1.24 bits per heavy atom. The molecule has 0 amide bonds. The van der Waals surface area contributed by atoms with Gasteiger partial charge in [-0.1, -0.05) is 26.0 Å². The summed E-state index contributed by atoms with van der Waals surface area (Å²) in [5.74, 6) is 1.81. The maximum Gasteiger partial charge on any atom is 0.349 e.